The van der Waals surface area contributed by atoms with Gasteiger partial charge in [0.2, 0.25) is 0 Å². The smallest absolute Gasteiger partial charge is 0.336 e. The van der Waals surface area contributed by atoms with Gasteiger partial charge in [-0.25, -0.2) is 19.2 Å². The van der Waals surface area contributed by atoms with Crippen LogP contribution in [0.1, 0.15) is 50.7 Å². The van der Waals surface area contributed by atoms with Gasteiger partial charge in [0.15, 0.2) is 0 Å². The number of rotatable bonds is 18. The third-order valence-corrected chi connectivity index (χ3v) is 13.0. The number of carbonyl (C=O) groups excluding carboxylic acids is 4. The van der Waals surface area contributed by atoms with Gasteiger partial charge in [-0.2, -0.15) is 16.8 Å². The zero-order valence-electron chi connectivity index (χ0n) is 42.5. The van der Waals surface area contributed by atoms with E-state index in [4.69, 9.17) is 72.2 Å². The number of carbonyl (C=O) groups is 4. The highest BCUT2D eigenvalue weighted by Gasteiger charge is 2.41. The molecule has 0 radical (unpaired) electrons. The summed E-state index contributed by atoms with van der Waals surface area (Å²) in [6.45, 7) is 8.83. The number of benzene rings is 4. The SMILES string of the molecule is CCOC(=O)C1=C(COCCN)NC(C)=C(C(=O)OC)C1c1ccccc1Cl.CCOC(=O)C1=C(COCCN)NC(C)=C(C(=O)OC)C1c1ccccc1Cl.O=S(=O)(O)c1ccccc1.O=S(=O)(O)c1ccccc1. The molecule has 8 N–H and O–H groups in total. The average molecular weight is 1130 g/mol. The molecule has 0 saturated heterocycles. The van der Waals surface area contributed by atoms with Crippen molar-refractivity contribution < 1.29 is 73.5 Å². The fourth-order valence-corrected chi connectivity index (χ4v) is 8.91. The lowest BCUT2D eigenvalue weighted by molar-refractivity contribution is -0.140. The Labute approximate surface area is 452 Å². The normalized spacial score (nSPS) is 15.3. The zero-order chi connectivity index (χ0) is 56.6. The van der Waals surface area contributed by atoms with Crippen LogP contribution in [-0.4, -0.2) is 117 Å². The molecule has 0 spiro atoms. The van der Waals surface area contributed by atoms with Gasteiger partial charge in [0.1, 0.15) is 0 Å². The van der Waals surface area contributed by atoms with E-state index in [0.29, 0.717) is 81.4 Å². The second kappa shape index (κ2) is 31.6. The quantitative estimate of drug-likeness (QED) is 0.0272. The van der Waals surface area contributed by atoms with Gasteiger partial charge in [0.05, 0.1) is 109 Å². The molecule has 0 saturated carbocycles. The fraction of sp³-hybridized carbons (Fsp3) is 0.308. The van der Waals surface area contributed by atoms with Crippen LogP contribution in [0.4, 0.5) is 0 Å². The summed E-state index contributed by atoms with van der Waals surface area (Å²) in [7, 11) is -5.42. The summed E-state index contributed by atoms with van der Waals surface area (Å²) in [6, 6.07) is 28.9. The largest absolute Gasteiger partial charge is 0.466 e. The summed E-state index contributed by atoms with van der Waals surface area (Å²) >= 11 is 12.8. The maximum absolute atomic E-state index is 12.9. The van der Waals surface area contributed by atoms with Crippen molar-refractivity contribution in [2.75, 3.05) is 67.0 Å². The topological polar surface area (TPSA) is 308 Å². The predicted molar refractivity (Wildman–Crippen MR) is 284 cm³/mol. The maximum atomic E-state index is 12.9. The number of nitrogens with one attached hydrogen (secondary N) is 2. The molecule has 0 bridgehead atoms. The molecule has 2 unspecified atom stereocenters. The van der Waals surface area contributed by atoms with E-state index in [-0.39, 0.29) is 47.4 Å². The Balaban J connectivity index is 0.000000295. The first kappa shape index (κ1) is 63.8. The molecule has 4 aromatic rings. The van der Waals surface area contributed by atoms with Crippen LogP contribution in [0.5, 0.6) is 0 Å². The summed E-state index contributed by atoms with van der Waals surface area (Å²) in [5.41, 5.74) is 15.4. The van der Waals surface area contributed by atoms with E-state index in [9.17, 15) is 36.0 Å². The highest BCUT2D eigenvalue weighted by Crippen LogP contribution is 2.43. The molecular formula is C52H62Cl2N4O16S2. The molecule has 0 fully saturated rings. The number of ether oxygens (including phenoxy) is 6. The van der Waals surface area contributed by atoms with E-state index in [1.165, 1.54) is 38.5 Å². The van der Waals surface area contributed by atoms with Gasteiger partial charge in [0, 0.05) is 34.5 Å². The van der Waals surface area contributed by atoms with Crippen molar-refractivity contribution in [2.45, 2.75) is 49.3 Å². The van der Waals surface area contributed by atoms with Crippen molar-refractivity contribution in [3.63, 3.8) is 0 Å². The number of dihydropyridines is 2. The Kier molecular flexibility index (Phi) is 26.5. The third kappa shape index (κ3) is 18.4. The van der Waals surface area contributed by atoms with Crippen LogP contribution in [0.2, 0.25) is 10.0 Å². The van der Waals surface area contributed by atoms with Crippen LogP contribution in [0.3, 0.4) is 0 Å². The minimum Gasteiger partial charge on any atom is -0.466 e. The maximum Gasteiger partial charge on any atom is 0.336 e. The Morgan fingerprint density at radius 1 is 0.526 bits per heavy atom. The van der Waals surface area contributed by atoms with Crippen LogP contribution >= 0.6 is 23.2 Å². The molecule has 20 nitrogen and oxygen atoms in total. The minimum absolute atomic E-state index is 0.0741. The molecule has 2 aliphatic rings. The fourth-order valence-electron chi connectivity index (χ4n) is 7.42. The molecule has 0 amide bonds. The van der Waals surface area contributed by atoms with Crippen LogP contribution < -0.4 is 22.1 Å². The Bertz CT molecular complexity index is 2790. The molecule has 24 heteroatoms. The Morgan fingerprint density at radius 3 is 1.11 bits per heavy atom. The molecule has 2 heterocycles. The van der Waals surface area contributed by atoms with Gasteiger partial charge >= 0.3 is 23.9 Å². The molecule has 0 aromatic heterocycles. The van der Waals surface area contributed by atoms with Gasteiger partial charge in [-0.15, -0.1) is 0 Å². The number of halogens is 2. The predicted octanol–water partition coefficient (Wildman–Crippen LogP) is 6.40. The summed E-state index contributed by atoms with van der Waals surface area (Å²) in [5.74, 6) is -3.73. The average Bonchev–Trinajstić information content (AvgIpc) is 3.39. The summed E-state index contributed by atoms with van der Waals surface area (Å²) in [4.78, 5) is 50.8. The molecule has 2 aliphatic heterocycles. The van der Waals surface area contributed by atoms with Crippen molar-refractivity contribution in [3.8, 4) is 0 Å². The van der Waals surface area contributed by atoms with E-state index in [0.717, 1.165) is 0 Å². The number of allylic oxidation sites excluding steroid dienone is 2. The Hall–Kier alpha value is -6.44. The van der Waals surface area contributed by atoms with Crippen LogP contribution in [0.25, 0.3) is 0 Å². The van der Waals surface area contributed by atoms with Gasteiger partial charge in [0.25, 0.3) is 20.2 Å². The van der Waals surface area contributed by atoms with Gasteiger partial charge < -0.3 is 50.5 Å². The monoisotopic (exact) mass is 1130 g/mol. The van der Waals surface area contributed by atoms with E-state index in [1.54, 1.807) is 113 Å². The summed E-state index contributed by atoms with van der Waals surface area (Å²) < 4.78 is 90.0. The lowest BCUT2D eigenvalue weighted by atomic mass is 9.80. The van der Waals surface area contributed by atoms with E-state index in [2.05, 4.69) is 10.6 Å². The first-order chi connectivity index (χ1) is 36.1. The van der Waals surface area contributed by atoms with Crippen LogP contribution in [-0.2, 0) is 67.8 Å². The molecule has 0 aliphatic carbocycles. The lowest BCUT2D eigenvalue weighted by Gasteiger charge is -2.31. The lowest BCUT2D eigenvalue weighted by Crippen LogP contribution is -2.35. The highest BCUT2D eigenvalue weighted by molar-refractivity contribution is 7.86. The van der Waals surface area contributed by atoms with E-state index < -0.39 is 55.9 Å². The van der Waals surface area contributed by atoms with Crippen molar-refractivity contribution >= 4 is 67.3 Å². The highest BCUT2D eigenvalue weighted by atomic mass is 35.5. The summed E-state index contributed by atoms with van der Waals surface area (Å²) in [5, 5.41) is 7.04. The second-order valence-electron chi connectivity index (χ2n) is 15.7. The standard InChI is InChI=1S/2C20H25ClN2O5.2C6H6O3S/c2*1-4-28-20(25)18-15(11-27-10-9-22)23-12(2)16(19(24)26-3)17(18)13-7-5-6-8-14(13)21;2*7-10(8,9)6-4-2-1-3-5-6/h2*5-8,17,23H,4,9-11,22H2,1-3H3;2*1-5H,(H,7,8,9). The molecule has 6 rings (SSSR count). The minimum atomic E-state index is -4.00. The molecule has 412 valence electrons. The third-order valence-electron chi connectivity index (χ3n) is 10.6. The zero-order valence-corrected chi connectivity index (χ0v) is 45.7. The van der Waals surface area contributed by atoms with Gasteiger partial charge in [-0.1, -0.05) is 96.0 Å². The first-order valence-corrected chi connectivity index (χ1v) is 26.8. The second-order valence-corrected chi connectivity index (χ2v) is 19.4. The molecule has 2 atom stereocenters. The van der Waals surface area contributed by atoms with Gasteiger partial charge in [-0.3, -0.25) is 9.11 Å². The van der Waals surface area contributed by atoms with E-state index >= 15 is 0 Å². The molecule has 4 aromatic carbocycles. The number of methoxy groups -OCH3 is 2. The molecule has 76 heavy (non-hydrogen) atoms. The van der Waals surface area contributed by atoms with Crippen LogP contribution in [0, 0.1) is 0 Å². The first-order valence-electron chi connectivity index (χ1n) is 23.1. The van der Waals surface area contributed by atoms with Crippen molar-refractivity contribution in [2.24, 2.45) is 11.5 Å². The Morgan fingerprint density at radius 2 is 0.842 bits per heavy atom. The number of esters is 4. The number of nitrogens with two attached hydrogens (primary N) is 2. The summed E-state index contributed by atoms with van der Waals surface area (Å²) in [6.07, 6.45) is 0. The van der Waals surface area contributed by atoms with Crippen molar-refractivity contribution in [3.05, 3.63) is 175 Å². The number of hydrogen-bond donors (Lipinski definition) is 6. The van der Waals surface area contributed by atoms with E-state index in [1.807, 2.05) is 0 Å². The van der Waals surface area contributed by atoms with Crippen LogP contribution in [0.15, 0.2) is 164 Å². The number of hydrogen-bond acceptors (Lipinski definition) is 18. The molecular weight excluding hydrogens is 1070 g/mol. The van der Waals surface area contributed by atoms with Gasteiger partial charge in [-0.05, 0) is 75.2 Å². The van der Waals surface area contributed by atoms with Crippen molar-refractivity contribution in [1.82, 2.24) is 10.6 Å². The van der Waals surface area contributed by atoms with Crippen molar-refractivity contribution in [1.29, 1.82) is 0 Å².